The van der Waals surface area contributed by atoms with Gasteiger partial charge in [0, 0.05) is 0 Å². The Hall–Kier alpha value is -0.760. The van der Waals surface area contributed by atoms with E-state index in [2.05, 4.69) is 0 Å². The predicted octanol–water partition coefficient (Wildman–Crippen LogP) is 1.60. The SMILES string of the molecule is CCOP(=O)(Cc1ccc(S(=O)(=O)NN)cc1)OCC. The first-order valence-electron chi connectivity index (χ1n) is 6.06. The molecule has 7 nitrogen and oxygen atoms in total. The number of hydrogen-bond acceptors (Lipinski definition) is 6. The summed E-state index contributed by atoms with van der Waals surface area (Å²) in [6.07, 6.45) is 0.0884. The average Bonchev–Trinajstić information content (AvgIpc) is 2.39. The summed E-state index contributed by atoms with van der Waals surface area (Å²) in [7, 11) is -6.88. The van der Waals surface area contributed by atoms with Crippen LogP contribution in [0.15, 0.2) is 29.2 Å². The lowest BCUT2D eigenvalue weighted by Gasteiger charge is -2.17. The molecule has 0 aliphatic heterocycles. The van der Waals surface area contributed by atoms with Gasteiger partial charge in [-0.05, 0) is 31.5 Å². The molecule has 1 aromatic carbocycles. The van der Waals surface area contributed by atoms with Crippen molar-refractivity contribution in [1.82, 2.24) is 4.83 Å². The molecular formula is C11H19N2O5PS. The Bertz CT molecular complexity index is 563. The first-order valence-corrected chi connectivity index (χ1v) is 9.27. The van der Waals surface area contributed by atoms with Gasteiger partial charge in [0.05, 0.1) is 24.3 Å². The van der Waals surface area contributed by atoms with Crippen LogP contribution in [0, 0.1) is 0 Å². The van der Waals surface area contributed by atoms with E-state index in [1.165, 1.54) is 12.1 Å². The van der Waals surface area contributed by atoms with Crippen LogP contribution in [-0.2, 0) is 29.8 Å². The summed E-state index contributed by atoms with van der Waals surface area (Å²) < 4.78 is 45.6. The Morgan fingerprint density at radius 3 is 2.05 bits per heavy atom. The third-order valence-corrected chi connectivity index (χ3v) is 5.68. The first kappa shape index (κ1) is 17.3. The highest BCUT2D eigenvalue weighted by atomic mass is 32.2. The zero-order chi connectivity index (χ0) is 15.2. The van der Waals surface area contributed by atoms with E-state index >= 15 is 0 Å². The molecule has 0 spiro atoms. The van der Waals surface area contributed by atoms with E-state index in [0.29, 0.717) is 5.56 Å². The van der Waals surface area contributed by atoms with E-state index < -0.39 is 17.6 Å². The first-order chi connectivity index (χ1) is 9.37. The molecule has 0 fully saturated rings. The Morgan fingerprint density at radius 1 is 1.15 bits per heavy atom. The van der Waals surface area contributed by atoms with Crippen LogP contribution in [0.2, 0.25) is 0 Å². The van der Waals surface area contributed by atoms with Gasteiger partial charge in [0.15, 0.2) is 0 Å². The summed E-state index contributed by atoms with van der Waals surface area (Å²) in [5.74, 6) is 4.93. The van der Waals surface area contributed by atoms with E-state index in [1.54, 1.807) is 30.8 Å². The maximum absolute atomic E-state index is 12.3. The Labute approximate surface area is 119 Å². The second-order valence-corrected chi connectivity index (χ2v) is 7.64. The highest BCUT2D eigenvalue weighted by Gasteiger charge is 2.24. The summed E-state index contributed by atoms with van der Waals surface area (Å²) in [6.45, 7) is 4.02. The Morgan fingerprint density at radius 2 is 1.65 bits per heavy atom. The highest BCUT2D eigenvalue weighted by molar-refractivity contribution is 7.89. The zero-order valence-corrected chi connectivity index (χ0v) is 13.1. The molecule has 114 valence electrons. The summed E-state index contributed by atoms with van der Waals surface area (Å²) in [5, 5.41) is 0. The van der Waals surface area contributed by atoms with Crippen LogP contribution in [0.4, 0.5) is 0 Å². The Balaban J connectivity index is 2.91. The van der Waals surface area contributed by atoms with Crippen molar-refractivity contribution < 1.29 is 22.0 Å². The van der Waals surface area contributed by atoms with Crippen molar-refractivity contribution in [3.63, 3.8) is 0 Å². The minimum absolute atomic E-state index is 0.0337. The fraction of sp³-hybridized carbons (Fsp3) is 0.455. The molecule has 0 aliphatic carbocycles. The molecule has 20 heavy (non-hydrogen) atoms. The molecule has 0 aliphatic rings. The smallest absolute Gasteiger partial charge is 0.309 e. The number of hydrogen-bond donors (Lipinski definition) is 2. The van der Waals surface area contributed by atoms with Gasteiger partial charge >= 0.3 is 7.60 Å². The number of hydrazine groups is 1. The summed E-state index contributed by atoms with van der Waals surface area (Å²) in [6, 6.07) is 5.86. The molecule has 0 aromatic heterocycles. The number of nitrogens with two attached hydrogens (primary N) is 1. The number of benzene rings is 1. The predicted molar refractivity (Wildman–Crippen MR) is 75.5 cm³/mol. The molecule has 1 aromatic rings. The minimum Gasteiger partial charge on any atom is -0.309 e. The molecular weight excluding hydrogens is 303 g/mol. The van der Waals surface area contributed by atoms with Gasteiger partial charge in [0.2, 0.25) is 0 Å². The van der Waals surface area contributed by atoms with E-state index in [4.69, 9.17) is 14.9 Å². The second-order valence-electron chi connectivity index (χ2n) is 3.87. The quantitative estimate of drug-likeness (QED) is 0.427. The van der Waals surface area contributed by atoms with Crippen molar-refractivity contribution in [3.05, 3.63) is 29.8 Å². The maximum atomic E-state index is 12.3. The topological polar surface area (TPSA) is 108 Å². The molecule has 9 heteroatoms. The summed E-state index contributed by atoms with van der Waals surface area (Å²) in [4.78, 5) is 1.77. The van der Waals surface area contributed by atoms with E-state index in [1.807, 2.05) is 0 Å². The second kappa shape index (κ2) is 7.31. The van der Waals surface area contributed by atoms with Crippen molar-refractivity contribution in [2.45, 2.75) is 24.9 Å². The van der Waals surface area contributed by atoms with Crippen LogP contribution in [0.1, 0.15) is 19.4 Å². The van der Waals surface area contributed by atoms with Gasteiger partial charge in [0.25, 0.3) is 10.0 Å². The fourth-order valence-corrected chi connectivity index (χ4v) is 3.92. The molecule has 3 N–H and O–H groups in total. The standard InChI is InChI=1S/C11H19N2O5PS/c1-3-17-19(14,18-4-2)9-10-5-7-11(8-6-10)20(15,16)13-12/h5-8,13H,3-4,9,12H2,1-2H3. The zero-order valence-electron chi connectivity index (χ0n) is 11.4. The van der Waals surface area contributed by atoms with E-state index in [9.17, 15) is 13.0 Å². The van der Waals surface area contributed by atoms with Gasteiger partial charge < -0.3 is 9.05 Å². The van der Waals surface area contributed by atoms with Gasteiger partial charge in [-0.2, -0.15) is 4.83 Å². The third kappa shape index (κ3) is 4.66. The van der Waals surface area contributed by atoms with Crippen molar-refractivity contribution in [2.75, 3.05) is 13.2 Å². The molecule has 0 saturated carbocycles. The Kier molecular flexibility index (Phi) is 6.32. The molecule has 0 radical (unpaired) electrons. The van der Waals surface area contributed by atoms with Crippen molar-refractivity contribution in [1.29, 1.82) is 0 Å². The minimum atomic E-state index is -3.68. The van der Waals surface area contributed by atoms with Gasteiger partial charge in [-0.3, -0.25) is 10.4 Å². The monoisotopic (exact) mass is 322 g/mol. The lowest BCUT2D eigenvalue weighted by Crippen LogP contribution is -2.30. The lowest BCUT2D eigenvalue weighted by molar-refractivity contribution is 0.219. The number of sulfonamides is 1. The van der Waals surface area contributed by atoms with E-state index in [0.717, 1.165) is 0 Å². The average molecular weight is 322 g/mol. The normalized spacial score (nSPS) is 12.6. The maximum Gasteiger partial charge on any atom is 0.335 e. The van der Waals surface area contributed by atoms with Crippen LogP contribution in [0.3, 0.4) is 0 Å². The summed E-state index contributed by atoms with van der Waals surface area (Å²) in [5.41, 5.74) is 0.659. The largest absolute Gasteiger partial charge is 0.335 e. The molecule has 0 bridgehead atoms. The molecule has 0 amide bonds. The lowest BCUT2D eigenvalue weighted by atomic mass is 10.2. The van der Waals surface area contributed by atoms with Gasteiger partial charge in [-0.15, -0.1) is 0 Å². The summed E-state index contributed by atoms with van der Waals surface area (Å²) >= 11 is 0. The number of nitrogens with one attached hydrogen (secondary N) is 1. The van der Waals surface area contributed by atoms with Gasteiger partial charge in [-0.1, -0.05) is 12.1 Å². The van der Waals surface area contributed by atoms with Crippen LogP contribution in [-0.4, -0.2) is 21.6 Å². The third-order valence-electron chi connectivity index (χ3n) is 2.42. The molecule has 0 heterocycles. The van der Waals surface area contributed by atoms with Crippen molar-refractivity contribution >= 4 is 17.6 Å². The number of rotatable bonds is 8. The molecule has 0 atom stereocenters. The highest BCUT2D eigenvalue weighted by Crippen LogP contribution is 2.51. The van der Waals surface area contributed by atoms with Crippen LogP contribution >= 0.6 is 7.60 Å². The van der Waals surface area contributed by atoms with Gasteiger partial charge in [0.1, 0.15) is 0 Å². The molecule has 1 rings (SSSR count). The van der Waals surface area contributed by atoms with E-state index in [-0.39, 0.29) is 24.3 Å². The van der Waals surface area contributed by atoms with Crippen LogP contribution < -0.4 is 10.7 Å². The van der Waals surface area contributed by atoms with Crippen LogP contribution in [0.25, 0.3) is 0 Å². The fourth-order valence-electron chi connectivity index (χ4n) is 1.59. The molecule has 0 saturated heterocycles. The van der Waals surface area contributed by atoms with Crippen LogP contribution in [0.5, 0.6) is 0 Å². The van der Waals surface area contributed by atoms with Gasteiger partial charge in [-0.25, -0.2) is 8.42 Å². The van der Waals surface area contributed by atoms with Crippen molar-refractivity contribution in [2.24, 2.45) is 5.84 Å². The molecule has 0 unspecified atom stereocenters. The van der Waals surface area contributed by atoms with Crippen molar-refractivity contribution in [3.8, 4) is 0 Å².